The number of nitrogens with one attached hydrogen (secondary N) is 1. The van der Waals surface area contributed by atoms with Crippen LogP contribution in [0, 0.1) is 0 Å². The van der Waals surface area contributed by atoms with Gasteiger partial charge in [-0.1, -0.05) is 18.2 Å². The molecule has 2 rings (SSSR count). The highest BCUT2D eigenvalue weighted by Crippen LogP contribution is 2.12. The van der Waals surface area contributed by atoms with Gasteiger partial charge in [-0.3, -0.25) is 9.48 Å². The summed E-state index contributed by atoms with van der Waals surface area (Å²) in [4.78, 5) is 13.9. The summed E-state index contributed by atoms with van der Waals surface area (Å²) in [7, 11) is 4.06. The highest BCUT2D eigenvalue weighted by molar-refractivity contribution is 5.79. The fraction of sp³-hybridized carbons (Fsp3) is 0.467. The van der Waals surface area contributed by atoms with E-state index < -0.39 is 0 Å². The van der Waals surface area contributed by atoms with Crippen LogP contribution in [-0.2, 0) is 11.3 Å². The molecule has 20 heavy (non-hydrogen) atoms. The van der Waals surface area contributed by atoms with Crippen LogP contribution < -0.4 is 5.32 Å². The molecule has 1 aromatic heterocycles. The second-order valence-electron chi connectivity index (χ2n) is 5.18. The number of nitrogens with zero attached hydrogens (tertiary/aromatic N) is 3. The third-order valence-electron chi connectivity index (χ3n) is 3.21. The lowest BCUT2D eigenvalue weighted by Crippen LogP contribution is -2.27. The number of aromatic nitrogens is 2. The Hall–Kier alpha value is -1.88. The van der Waals surface area contributed by atoms with Crippen LogP contribution in [-0.4, -0.2) is 47.8 Å². The van der Waals surface area contributed by atoms with Crippen molar-refractivity contribution in [3.05, 3.63) is 30.5 Å². The van der Waals surface area contributed by atoms with Crippen LogP contribution in [0.25, 0.3) is 10.9 Å². The third kappa shape index (κ3) is 4.06. The number of hydrogen-bond acceptors (Lipinski definition) is 3. The number of aryl methyl sites for hydroxylation is 1. The molecule has 0 fully saturated rings. The molecule has 5 heteroatoms. The first-order valence-corrected chi connectivity index (χ1v) is 6.99. The number of benzene rings is 1. The number of para-hydroxylation sites is 1. The number of rotatable bonds is 7. The normalized spacial score (nSPS) is 11.2. The van der Waals surface area contributed by atoms with Crippen molar-refractivity contribution in [2.45, 2.75) is 19.4 Å². The van der Waals surface area contributed by atoms with E-state index in [-0.39, 0.29) is 5.91 Å². The fourth-order valence-corrected chi connectivity index (χ4v) is 2.12. The summed E-state index contributed by atoms with van der Waals surface area (Å²) in [5, 5.41) is 8.37. The van der Waals surface area contributed by atoms with E-state index in [1.807, 2.05) is 49.2 Å². The summed E-state index contributed by atoms with van der Waals surface area (Å²) in [5.41, 5.74) is 1.08. The van der Waals surface area contributed by atoms with E-state index in [1.165, 1.54) is 0 Å². The zero-order valence-corrected chi connectivity index (χ0v) is 12.2. The molecule has 108 valence electrons. The molecule has 0 radical (unpaired) electrons. The summed E-state index contributed by atoms with van der Waals surface area (Å²) in [6.07, 6.45) is 3.28. The minimum Gasteiger partial charge on any atom is -0.356 e. The van der Waals surface area contributed by atoms with Gasteiger partial charge in [0.2, 0.25) is 5.91 Å². The zero-order valence-electron chi connectivity index (χ0n) is 12.2. The van der Waals surface area contributed by atoms with Crippen LogP contribution in [0.5, 0.6) is 0 Å². The Morgan fingerprint density at radius 1 is 1.35 bits per heavy atom. The van der Waals surface area contributed by atoms with E-state index in [4.69, 9.17) is 0 Å². The maximum absolute atomic E-state index is 11.8. The van der Waals surface area contributed by atoms with Crippen molar-refractivity contribution in [3.63, 3.8) is 0 Å². The van der Waals surface area contributed by atoms with Crippen molar-refractivity contribution in [2.75, 3.05) is 27.2 Å². The SMILES string of the molecule is CN(C)CCCNC(=O)CCn1ncc2ccccc21. The summed E-state index contributed by atoms with van der Waals surface area (Å²) in [5.74, 6) is 0.0864. The quantitative estimate of drug-likeness (QED) is 0.778. The monoisotopic (exact) mass is 274 g/mol. The molecule has 2 aromatic rings. The van der Waals surface area contributed by atoms with Gasteiger partial charge < -0.3 is 10.2 Å². The Bertz CT molecular complexity index is 562. The van der Waals surface area contributed by atoms with Crippen LogP contribution in [0.15, 0.2) is 30.5 Å². The molecule has 0 bridgehead atoms. The lowest BCUT2D eigenvalue weighted by molar-refractivity contribution is -0.121. The average molecular weight is 274 g/mol. The maximum Gasteiger partial charge on any atom is 0.221 e. The van der Waals surface area contributed by atoms with Crippen LogP contribution >= 0.6 is 0 Å². The van der Waals surface area contributed by atoms with Gasteiger partial charge in [-0.15, -0.1) is 0 Å². The van der Waals surface area contributed by atoms with E-state index in [0.717, 1.165) is 30.4 Å². The molecule has 1 amide bonds. The predicted molar refractivity (Wildman–Crippen MR) is 80.5 cm³/mol. The van der Waals surface area contributed by atoms with Crippen LogP contribution in [0.2, 0.25) is 0 Å². The van der Waals surface area contributed by atoms with Crippen molar-refractivity contribution < 1.29 is 4.79 Å². The van der Waals surface area contributed by atoms with E-state index in [9.17, 15) is 4.79 Å². The number of amides is 1. The van der Waals surface area contributed by atoms with Gasteiger partial charge in [0.1, 0.15) is 0 Å². The molecular weight excluding hydrogens is 252 g/mol. The van der Waals surface area contributed by atoms with E-state index in [0.29, 0.717) is 13.0 Å². The van der Waals surface area contributed by atoms with Crippen molar-refractivity contribution in [3.8, 4) is 0 Å². The minimum atomic E-state index is 0.0864. The van der Waals surface area contributed by atoms with Gasteiger partial charge in [-0.25, -0.2) is 0 Å². The molecule has 0 unspecified atom stereocenters. The standard InChI is InChI=1S/C15H22N4O/c1-18(2)10-5-9-16-15(20)8-11-19-14-7-4-3-6-13(14)12-17-19/h3-4,6-7,12H,5,8-11H2,1-2H3,(H,16,20). The first kappa shape index (κ1) is 14.5. The second kappa shape index (κ2) is 7.05. The molecule has 0 aliphatic rings. The summed E-state index contributed by atoms with van der Waals surface area (Å²) < 4.78 is 1.88. The maximum atomic E-state index is 11.8. The Labute approximate surface area is 119 Å². The van der Waals surface area contributed by atoms with Gasteiger partial charge in [0.25, 0.3) is 0 Å². The Morgan fingerprint density at radius 2 is 2.15 bits per heavy atom. The van der Waals surface area contributed by atoms with Gasteiger partial charge in [-0.2, -0.15) is 5.10 Å². The highest BCUT2D eigenvalue weighted by Gasteiger charge is 2.05. The van der Waals surface area contributed by atoms with Gasteiger partial charge in [0.15, 0.2) is 0 Å². The molecule has 5 nitrogen and oxygen atoms in total. The summed E-state index contributed by atoms with van der Waals surface area (Å²) in [6.45, 7) is 2.34. The van der Waals surface area contributed by atoms with Gasteiger partial charge in [0.05, 0.1) is 18.3 Å². The molecule has 0 saturated heterocycles. The van der Waals surface area contributed by atoms with Crippen molar-refractivity contribution >= 4 is 16.8 Å². The van der Waals surface area contributed by atoms with E-state index in [2.05, 4.69) is 15.3 Å². The fourth-order valence-electron chi connectivity index (χ4n) is 2.12. The molecule has 0 atom stereocenters. The number of fused-ring (bicyclic) bond motifs is 1. The highest BCUT2D eigenvalue weighted by atomic mass is 16.1. The largest absolute Gasteiger partial charge is 0.356 e. The number of carbonyl (C=O) groups excluding carboxylic acids is 1. The third-order valence-corrected chi connectivity index (χ3v) is 3.21. The minimum absolute atomic E-state index is 0.0864. The molecule has 0 aliphatic carbocycles. The van der Waals surface area contributed by atoms with Crippen molar-refractivity contribution in [1.82, 2.24) is 20.0 Å². The smallest absolute Gasteiger partial charge is 0.221 e. The van der Waals surface area contributed by atoms with Crippen molar-refractivity contribution in [1.29, 1.82) is 0 Å². The van der Waals surface area contributed by atoms with Crippen molar-refractivity contribution in [2.24, 2.45) is 0 Å². The molecule has 0 aliphatic heterocycles. The number of hydrogen-bond donors (Lipinski definition) is 1. The summed E-state index contributed by atoms with van der Waals surface area (Å²) >= 11 is 0. The van der Waals surface area contributed by atoms with Crippen LogP contribution in [0.3, 0.4) is 0 Å². The molecule has 1 heterocycles. The lowest BCUT2D eigenvalue weighted by atomic mass is 10.2. The molecule has 1 aromatic carbocycles. The zero-order chi connectivity index (χ0) is 14.4. The lowest BCUT2D eigenvalue weighted by Gasteiger charge is -2.10. The summed E-state index contributed by atoms with van der Waals surface area (Å²) in [6, 6.07) is 8.03. The predicted octanol–water partition coefficient (Wildman–Crippen LogP) is 1.49. The van der Waals surface area contributed by atoms with Gasteiger partial charge in [-0.05, 0) is 33.1 Å². The van der Waals surface area contributed by atoms with E-state index >= 15 is 0 Å². The Kier molecular flexibility index (Phi) is 5.12. The van der Waals surface area contributed by atoms with Gasteiger partial charge >= 0.3 is 0 Å². The first-order valence-electron chi connectivity index (χ1n) is 6.99. The van der Waals surface area contributed by atoms with Crippen LogP contribution in [0.4, 0.5) is 0 Å². The first-order chi connectivity index (χ1) is 9.66. The van der Waals surface area contributed by atoms with E-state index in [1.54, 1.807) is 0 Å². The average Bonchev–Trinajstić information content (AvgIpc) is 2.84. The Morgan fingerprint density at radius 3 is 2.95 bits per heavy atom. The Balaban J connectivity index is 1.76. The molecular formula is C15H22N4O. The second-order valence-corrected chi connectivity index (χ2v) is 5.18. The molecule has 0 spiro atoms. The van der Waals surface area contributed by atoms with Gasteiger partial charge in [0, 0.05) is 18.4 Å². The van der Waals surface area contributed by atoms with Crippen LogP contribution in [0.1, 0.15) is 12.8 Å². The number of carbonyl (C=O) groups is 1. The topological polar surface area (TPSA) is 50.2 Å². The molecule has 1 N–H and O–H groups in total. The molecule has 0 saturated carbocycles.